The predicted molar refractivity (Wildman–Crippen MR) is 59.1 cm³/mol. The van der Waals surface area contributed by atoms with Gasteiger partial charge in [-0.3, -0.25) is 4.79 Å². The van der Waals surface area contributed by atoms with Gasteiger partial charge < -0.3 is 5.11 Å². The second kappa shape index (κ2) is 4.05. The monoisotopic (exact) mass is 204 g/mol. The SMILES string of the molecule is CC(C(=O)O)c1ccccc1C1CCC1. The van der Waals surface area contributed by atoms with E-state index in [4.69, 9.17) is 5.11 Å². The third kappa shape index (κ3) is 1.89. The van der Waals surface area contributed by atoms with Crippen LogP contribution in [-0.2, 0) is 4.79 Å². The minimum atomic E-state index is -0.734. The quantitative estimate of drug-likeness (QED) is 0.821. The average Bonchev–Trinajstić information content (AvgIpc) is 2.15. The molecule has 1 saturated carbocycles. The van der Waals surface area contributed by atoms with Crippen molar-refractivity contribution in [1.82, 2.24) is 0 Å². The minimum absolute atomic E-state index is 0.387. The number of hydrogen-bond donors (Lipinski definition) is 1. The maximum absolute atomic E-state index is 11.0. The molecule has 1 unspecified atom stereocenters. The van der Waals surface area contributed by atoms with Crippen LogP contribution in [-0.4, -0.2) is 11.1 Å². The summed E-state index contributed by atoms with van der Waals surface area (Å²) in [5.41, 5.74) is 2.24. The summed E-state index contributed by atoms with van der Waals surface area (Å²) >= 11 is 0. The Balaban J connectivity index is 2.32. The van der Waals surface area contributed by atoms with Gasteiger partial charge in [0, 0.05) is 0 Å². The standard InChI is InChI=1S/C13H16O2/c1-9(13(14)15)11-7-2-3-8-12(11)10-5-4-6-10/h2-3,7-10H,4-6H2,1H3,(H,14,15). The van der Waals surface area contributed by atoms with Crippen molar-refractivity contribution in [2.75, 3.05) is 0 Å². The van der Waals surface area contributed by atoms with E-state index in [2.05, 4.69) is 6.07 Å². The Morgan fingerprint density at radius 2 is 2.07 bits per heavy atom. The molecular weight excluding hydrogens is 188 g/mol. The molecule has 0 aromatic heterocycles. The Labute approximate surface area is 89.9 Å². The summed E-state index contributed by atoms with van der Waals surface area (Å²) in [6.45, 7) is 1.76. The van der Waals surface area contributed by atoms with Gasteiger partial charge in [-0.1, -0.05) is 30.7 Å². The van der Waals surface area contributed by atoms with Gasteiger partial charge in [0.15, 0.2) is 0 Å². The maximum atomic E-state index is 11.0. The lowest BCUT2D eigenvalue weighted by Crippen LogP contribution is -2.15. The van der Waals surface area contributed by atoms with E-state index in [9.17, 15) is 4.79 Å². The zero-order valence-corrected chi connectivity index (χ0v) is 8.94. The number of rotatable bonds is 3. The van der Waals surface area contributed by atoms with Gasteiger partial charge in [0.1, 0.15) is 0 Å². The highest BCUT2D eigenvalue weighted by Gasteiger charge is 2.25. The molecule has 1 atom stereocenters. The summed E-state index contributed by atoms with van der Waals surface area (Å²) in [6.07, 6.45) is 3.70. The summed E-state index contributed by atoms with van der Waals surface area (Å²) in [6, 6.07) is 7.97. The van der Waals surface area contributed by atoms with E-state index in [1.54, 1.807) is 6.92 Å². The molecule has 0 saturated heterocycles. The third-order valence-electron chi connectivity index (χ3n) is 3.38. The second-order valence-electron chi connectivity index (χ2n) is 4.32. The van der Waals surface area contributed by atoms with E-state index >= 15 is 0 Å². The molecule has 2 rings (SSSR count). The summed E-state index contributed by atoms with van der Waals surface area (Å²) in [5, 5.41) is 9.03. The Morgan fingerprint density at radius 3 is 2.60 bits per heavy atom. The molecule has 0 radical (unpaired) electrons. The van der Waals surface area contributed by atoms with Crippen molar-refractivity contribution in [2.45, 2.75) is 38.0 Å². The third-order valence-corrected chi connectivity index (χ3v) is 3.38. The van der Waals surface area contributed by atoms with Crippen molar-refractivity contribution in [3.05, 3.63) is 35.4 Å². The van der Waals surface area contributed by atoms with Gasteiger partial charge in [-0.15, -0.1) is 0 Å². The van der Waals surface area contributed by atoms with Crippen molar-refractivity contribution < 1.29 is 9.90 Å². The molecule has 0 aliphatic heterocycles. The summed E-state index contributed by atoms with van der Waals surface area (Å²) in [5.74, 6) is -0.522. The molecule has 2 heteroatoms. The normalized spacial score (nSPS) is 18.2. The number of hydrogen-bond acceptors (Lipinski definition) is 1. The molecule has 1 aliphatic rings. The molecule has 1 fully saturated rings. The highest BCUT2D eigenvalue weighted by molar-refractivity contribution is 5.76. The highest BCUT2D eigenvalue weighted by atomic mass is 16.4. The summed E-state index contributed by atoms with van der Waals surface area (Å²) < 4.78 is 0. The molecular formula is C13H16O2. The fourth-order valence-corrected chi connectivity index (χ4v) is 2.13. The van der Waals surface area contributed by atoms with Crippen LogP contribution < -0.4 is 0 Å². The largest absolute Gasteiger partial charge is 0.481 e. The van der Waals surface area contributed by atoms with Crippen LogP contribution >= 0.6 is 0 Å². The van der Waals surface area contributed by atoms with Crippen molar-refractivity contribution in [2.24, 2.45) is 0 Å². The summed E-state index contributed by atoms with van der Waals surface area (Å²) in [7, 11) is 0. The summed E-state index contributed by atoms with van der Waals surface area (Å²) in [4.78, 5) is 11.0. The van der Waals surface area contributed by atoms with Crippen molar-refractivity contribution in [3.63, 3.8) is 0 Å². The van der Waals surface area contributed by atoms with Crippen molar-refractivity contribution >= 4 is 5.97 Å². The van der Waals surface area contributed by atoms with Crippen LogP contribution in [0.1, 0.15) is 49.1 Å². The van der Waals surface area contributed by atoms with Gasteiger partial charge in [-0.25, -0.2) is 0 Å². The lowest BCUT2D eigenvalue weighted by Gasteiger charge is -2.28. The number of carboxylic acid groups (broad SMARTS) is 1. The molecule has 2 nitrogen and oxygen atoms in total. The number of carbonyl (C=O) groups is 1. The Kier molecular flexibility index (Phi) is 2.76. The van der Waals surface area contributed by atoms with Crippen LogP contribution in [0.5, 0.6) is 0 Å². The molecule has 1 aliphatic carbocycles. The topological polar surface area (TPSA) is 37.3 Å². The van der Waals surface area contributed by atoms with Gasteiger partial charge >= 0.3 is 5.97 Å². The smallest absolute Gasteiger partial charge is 0.310 e. The first-order valence-corrected chi connectivity index (χ1v) is 5.51. The second-order valence-corrected chi connectivity index (χ2v) is 4.32. The first-order valence-electron chi connectivity index (χ1n) is 5.51. The van der Waals surface area contributed by atoms with Crippen molar-refractivity contribution in [3.8, 4) is 0 Å². The first kappa shape index (κ1) is 10.2. The Hall–Kier alpha value is -1.31. The zero-order chi connectivity index (χ0) is 10.8. The van der Waals surface area contributed by atoms with E-state index in [1.165, 1.54) is 24.8 Å². The van der Waals surface area contributed by atoms with Gasteiger partial charge in [0.25, 0.3) is 0 Å². The minimum Gasteiger partial charge on any atom is -0.481 e. The van der Waals surface area contributed by atoms with E-state index in [-0.39, 0.29) is 5.92 Å². The number of carboxylic acids is 1. The van der Waals surface area contributed by atoms with Crippen LogP contribution in [0.25, 0.3) is 0 Å². The molecule has 80 valence electrons. The molecule has 0 bridgehead atoms. The van der Waals surface area contributed by atoms with Gasteiger partial charge in [-0.05, 0) is 36.8 Å². The predicted octanol–water partition coefficient (Wildman–Crippen LogP) is 3.14. The van der Waals surface area contributed by atoms with Gasteiger partial charge in [-0.2, -0.15) is 0 Å². The fourth-order valence-electron chi connectivity index (χ4n) is 2.13. The lowest BCUT2D eigenvalue weighted by molar-refractivity contribution is -0.138. The Morgan fingerprint density at radius 1 is 1.40 bits per heavy atom. The molecule has 0 heterocycles. The van der Waals surface area contributed by atoms with Gasteiger partial charge in [0.2, 0.25) is 0 Å². The van der Waals surface area contributed by atoms with Crippen LogP contribution in [0.2, 0.25) is 0 Å². The van der Waals surface area contributed by atoms with Crippen LogP contribution in [0.15, 0.2) is 24.3 Å². The molecule has 15 heavy (non-hydrogen) atoms. The van der Waals surface area contributed by atoms with Crippen LogP contribution in [0, 0.1) is 0 Å². The maximum Gasteiger partial charge on any atom is 0.310 e. The highest BCUT2D eigenvalue weighted by Crippen LogP contribution is 2.39. The Bertz CT molecular complexity index is 367. The van der Waals surface area contributed by atoms with Crippen LogP contribution in [0.4, 0.5) is 0 Å². The zero-order valence-electron chi connectivity index (χ0n) is 8.94. The first-order chi connectivity index (χ1) is 7.20. The fraction of sp³-hybridized carbons (Fsp3) is 0.462. The van der Waals surface area contributed by atoms with Gasteiger partial charge in [0.05, 0.1) is 5.92 Å². The van der Waals surface area contributed by atoms with E-state index < -0.39 is 5.97 Å². The van der Waals surface area contributed by atoms with E-state index in [0.717, 1.165) is 5.56 Å². The molecule has 0 amide bonds. The van der Waals surface area contributed by atoms with E-state index in [0.29, 0.717) is 5.92 Å². The number of benzene rings is 1. The lowest BCUT2D eigenvalue weighted by atomic mass is 9.76. The molecule has 1 N–H and O–H groups in total. The molecule has 0 spiro atoms. The molecule has 1 aromatic rings. The van der Waals surface area contributed by atoms with Crippen LogP contribution in [0.3, 0.4) is 0 Å². The molecule has 1 aromatic carbocycles. The van der Waals surface area contributed by atoms with Crippen molar-refractivity contribution in [1.29, 1.82) is 0 Å². The number of aliphatic carboxylic acids is 1. The average molecular weight is 204 g/mol. The van der Waals surface area contributed by atoms with E-state index in [1.807, 2.05) is 18.2 Å².